The Kier molecular flexibility index (Phi) is 4.43. The number of aromatic nitrogens is 2. The molecule has 0 aliphatic heterocycles. The molecule has 136 valence electrons. The summed E-state index contributed by atoms with van der Waals surface area (Å²) in [4.78, 5) is 9.80. The number of fused-ring (bicyclic) bond motifs is 2. The van der Waals surface area contributed by atoms with E-state index in [4.69, 9.17) is 9.97 Å². The zero-order valence-electron chi connectivity index (χ0n) is 16.5. The van der Waals surface area contributed by atoms with Crippen molar-refractivity contribution in [2.45, 2.75) is 45.4 Å². The van der Waals surface area contributed by atoms with Gasteiger partial charge in [0.1, 0.15) is 0 Å². The number of hydrogen-bond acceptors (Lipinski definition) is 2. The molecule has 2 nitrogen and oxygen atoms in total. The maximum Gasteiger partial charge on any atom is 0.0708 e. The molecule has 2 aromatic carbocycles. The van der Waals surface area contributed by atoms with Crippen LogP contribution in [-0.4, -0.2) is 9.97 Å². The van der Waals surface area contributed by atoms with Gasteiger partial charge in [-0.1, -0.05) is 70.2 Å². The van der Waals surface area contributed by atoms with E-state index in [1.807, 2.05) is 6.07 Å². The Morgan fingerprint density at radius 3 is 2.30 bits per heavy atom. The molecule has 0 radical (unpaired) electrons. The Balaban J connectivity index is 1.63. The molecular weight excluding hydrogens is 328 g/mol. The largest absolute Gasteiger partial charge is 0.253 e. The third kappa shape index (κ3) is 3.71. The Morgan fingerprint density at radius 1 is 0.778 bits per heavy atom. The molecule has 2 aromatic heterocycles. The molecule has 0 spiro atoms. The minimum atomic E-state index is 0.133. The van der Waals surface area contributed by atoms with Crippen molar-refractivity contribution >= 4 is 21.8 Å². The van der Waals surface area contributed by atoms with Crippen LogP contribution in [-0.2, 0) is 11.8 Å². The molecule has 0 bridgehead atoms. The SMILES string of the molecule is CC(Cc1ccc2ccc(C(C)(C)C)cc2n1)c1ccc2ccccc2n1. The van der Waals surface area contributed by atoms with Crippen LogP contribution in [0.15, 0.2) is 66.7 Å². The molecular formula is C25H26N2. The summed E-state index contributed by atoms with van der Waals surface area (Å²) in [6.07, 6.45) is 0.890. The van der Waals surface area contributed by atoms with Gasteiger partial charge in [0.15, 0.2) is 0 Å². The van der Waals surface area contributed by atoms with Gasteiger partial charge in [-0.3, -0.25) is 9.97 Å². The number of rotatable bonds is 3. The van der Waals surface area contributed by atoms with Crippen molar-refractivity contribution in [2.24, 2.45) is 0 Å². The zero-order chi connectivity index (χ0) is 19.0. The Hall–Kier alpha value is -2.74. The predicted molar refractivity (Wildman–Crippen MR) is 114 cm³/mol. The smallest absolute Gasteiger partial charge is 0.0708 e. The minimum absolute atomic E-state index is 0.133. The van der Waals surface area contributed by atoms with Crippen LogP contribution in [0.25, 0.3) is 21.8 Å². The molecule has 0 amide bonds. The maximum atomic E-state index is 4.95. The highest BCUT2D eigenvalue weighted by Gasteiger charge is 2.15. The number of pyridine rings is 2. The minimum Gasteiger partial charge on any atom is -0.253 e. The van der Waals surface area contributed by atoms with Crippen molar-refractivity contribution in [3.05, 3.63) is 83.7 Å². The van der Waals surface area contributed by atoms with E-state index in [2.05, 4.69) is 88.4 Å². The summed E-state index contributed by atoms with van der Waals surface area (Å²) in [5.41, 5.74) is 5.84. The molecule has 4 rings (SSSR count). The van der Waals surface area contributed by atoms with Crippen molar-refractivity contribution < 1.29 is 0 Å². The van der Waals surface area contributed by atoms with Crippen molar-refractivity contribution in [1.82, 2.24) is 9.97 Å². The summed E-state index contributed by atoms with van der Waals surface area (Å²) < 4.78 is 0. The zero-order valence-corrected chi connectivity index (χ0v) is 16.5. The van der Waals surface area contributed by atoms with Crippen LogP contribution >= 0.6 is 0 Å². The molecule has 2 heteroatoms. The highest BCUT2D eigenvalue weighted by atomic mass is 14.7. The van der Waals surface area contributed by atoms with Crippen LogP contribution in [0.4, 0.5) is 0 Å². The van der Waals surface area contributed by atoms with Gasteiger partial charge in [-0.25, -0.2) is 0 Å². The molecule has 0 saturated heterocycles. The van der Waals surface area contributed by atoms with E-state index < -0.39 is 0 Å². The van der Waals surface area contributed by atoms with E-state index >= 15 is 0 Å². The number of nitrogens with zero attached hydrogens (tertiary/aromatic N) is 2. The van der Waals surface area contributed by atoms with E-state index in [9.17, 15) is 0 Å². The highest BCUT2D eigenvalue weighted by molar-refractivity contribution is 5.80. The Morgan fingerprint density at radius 2 is 1.48 bits per heavy atom. The monoisotopic (exact) mass is 354 g/mol. The molecule has 2 heterocycles. The summed E-state index contributed by atoms with van der Waals surface area (Å²) in [5.74, 6) is 0.324. The fourth-order valence-corrected chi connectivity index (χ4v) is 3.51. The fraction of sp³-hybridized carbons (Fsp3) is 0.280. The molecule has 27 heavy (non-hydrogen) atoms. The van der Waals surface area contributed by atoms with Gasteiger partial charge in [-0.05, 0) is 41.7 Å². The first-order valence-corrected chi connectivity index (χ1v) is 9.66. The standard InChI is InChI=1S/C25H26N2/c1-17(22-14-11-18-7-5-6-8-23(18)27-22)15-21-13-10-19-9-12-20(25(2,3)4)16-24(19)26-21/h5-14,16-17H,15H2,1-4H3. The summed E-state index contributed by atoms with van der Waals surface area (Å²) in [5, 5.41) is 2.38. The van der Waals surface area contributed by atoms with E-state index in [0.717, 1.165) is 28.8 Å². The van der Waals surface area contributed by atoms with Crippen LogP contribution in [0.3, 0.4) is 0 Å². The van der Waals surface area contributed by atoms with Crippen LogP contribution < -0.4 is 0 Å². The summed E-state index contributed by atoms with van der Waals surface area (Å²) in [6, 6.07) is 23.6. The molecule has 0 fully saturated rings. The lowest BCUT2D eigenvalue weighted by Gasteiger charge is -2.19. The van der Waals surface area contributed by atoms with Crippen molar-refractivity contribution in [2.75, 3.05) is 0 Å². The van der Waals surface area contributed by atoms with Gasteiger partial charge < -0.3 is 0 Å². The molecule has 0 N–H and O–H groups in total. The lowest BCUT2D eigenvalue weighted by atomic mass is 9.86. The average molecular weight is 354 g/mol. The molecule has 1 atom stereocenters. The fourth-order valence-electron chi connectivity index (χ4n) is 3.51. The molecule has 0 saturated carbocycles. The van der Waals surface area contributed by atoms with Gasteiger partial charge >= 0.3 is 0 Å². The van der Waals surface area contributed by atoms with Crippen molar-refractivity contribution in [3.63, 3.8) is 0 Å². The van der Waals surface area contributed by atoms with Gasteiger partial charge in [0, 0.05) is 28.1 Å². The van der Waals surface area contributed by atoms with Crippen molar-refractivity contribution in [3.8, 4) is 0 Å². The van der Waals surface area contributed by atoms with Crippen LogP contribution in [0.5, 0.6) is 0 Å². The quantitative estimate of drug-likeness (QED) is 0.424. The average Bonchev–Trinajstić information content (AvgIpc) is 2.66. The number of hydrogen-bond donors (Lipinski definition) is 0. The van der Waals surface area contributed by atoms with Crippen LogP contribution in [0, 0.1) is 0 Å². The topological polar surface area (TPSA) is 25.8 Å². The summed E-state index contributed by atoms with van der Waals surface area (Å²) >= 11 is 0. The van der Waals surface area contributed by atoms with Crippen LogP contribution in [0.2, 0.25) is 0 Å². The van der Waals surface area contributed by atoms with Crippen LogP contribution in [0.1, 0.15) is 50.6 Å². The second kappa shape index (κ2) is 6.77. The van der Waals surface area contributed by atoms with Crippen molar-refractivity contribution in [1.29, 1.82) is 0 Å². The third-order valence-corrected chi connectivity index (χ3v) is 5.26. The second-order valence-corrected chi connectivity index (χ2v) is 8.49. The Labute approximate surface area is 161 Å². The highest BCUT2D eigenvalue weighted by Crippen LogP contribution is 2.27. The van der Waals surface area contributed by atoms with E-state index in [0.29, 0.717) is 5.92 Å². The first-order valence-electron chi connectivity index (χ1n) is 9.66. The second-order valence-electron chi connectivity index (χ2n) is 8.49. The third-order valence-electron chi connectivity index (χ3n) is 5.26. The molecule has 0 aliphatic carbocycles. The number of para-hydroxylation sites is 1. The van der Waals surface area contributed by atoms with E-state index in [-0.39, 0.29) is 5.41 Å². The first-order chi connectivity index (χ1) is 12.9. The lowest BCUT2D eigenvalue weighted by Crippen LogP contribution is -2.11. The Bertz CT molecular complexity index is 1110. The van der Waals surface area contributed by atoms with E-state index in [1.165, 1.54) is 16.3 Å². The lowest BCUT2D eigenvalue weighted by molar-refractivity contribution is 0.591. The normalized spacial score (nSPS) is 13.2. The summed E-state index contributed by atoms with van der Waals surface area (Å²) in [7, 11) is 0. The maximum absolute atomic E-state index is 4.95. The molecule has 0 aliphatic rings. The van der Waals surface area contributed by atoms with Gasteiger partial charge in [-0.15, -0.1) is 0 Å². The molecule has 4 aromatic rings. The number of benzene rings is 2. The van der Waals surface area contributed by atoms with Gasteiger partial charge in [0.05, 0.1) is 11.0 Å². The van der Waals surface area contributed by atoms with Gasteiger partial charge in [-0.2, -0.15) is 0 Å². The van der Waals surface area contributed by atoms with Gasteiger partial charge in [0.2, 0.25) is 0 Å². The van der Waals surface area contributed by atoms with Gasteiger partial charge in [0.25, 0.3) is 0 Å². The first kappa shape index (κ1) is 17.7. The summed E-state index contributed by atoms with van der Waals surface area (Å²) in [6.45, 7) is 8.96. The predicted octanol–water partition coefficient (Wildman–Crippen LogP) is 6.43. The molecule has 1 unspecified atom stereocenters. The van der Waals surface area contributed by atoms with E-state index in [1.54, 1.807) is 0 Å².